The average Bonchev–Trinajstić information content (AvgIpc) is 2.60. The van der Waals surface area contributed by atoms with E-state index in [2.05, 4.69) is 16.8 Å². The number of fused-ring (bicyclic) bond motifs is 2. The molecule has 0 aromatic rings. The van der Waals surface area contributed by atoms with E-state index < -0.39 is 0 Å². The lowest BCUT2D eigenvalue weighted by molar-refractivity contribution is -0.160. The van der Waals surface area contributed by atoms with Crippen LogP contribution in [0.15, 0.2) is 12.2 Å². The van der Waals surface area contributed by atoms with Crippen LogP contribution in [-0.4, -0.2) is 97.4 Å². The van der Waals surface area contributed by atoms with Gasteiger partial charge in [0.05, 0.1) is 12.1 Å². The summed E-state index contributed by atoms with van der Waals surface area (Å²) in [5.41, 5.74) is 0.512. The van der Waals surface area contributed by atoms with E-state index in [0.717, 1.165) is 38.9 Å². The van der Waals surface area contributed by atoms with Gasteiger partial charge in [-0.25, -0.2) is 0 Å². The van der Waals surface area contributed by atoms with Gasteiger partial charge >= 0.3 is 0 Å². The molecule has 150 valence electrons. The molecule has 0 N–H and O–H groups in total. The lowest BCUT2D eigenvalue weighted by atomic mass is 9.66. The van der Waals surface area contributed by atoms with E-state index in [-0.39, 0.29) is 23.9 Å². The van der Waals surface area contributed by atoms with E-state index in [4.69, 9.17) is 0 Å². The minimum absolute atomic E-state index is 0.110. The molecular formula is C21H34N4O2. The molecule has 4 aliphatic heterocycles. The number of hydrogen-bond acceptors (Lipinski definition) is 4. The lowest BCUT2D eigenvalue weighted by Crippen LogP contribution is -2.71. The summed E-state index contributed by atoms with van der Waals surface area (Å²) in [5, 5.41) is 0. The number of likely N-dealkylation sites (tertiary alicyclic amines) is 1. The Balaban J connectivity index is 1.26. The second-order valence-electron chi connectivity index (χ2n) is 9.64. The van der Waals surface area contributed by atoms with Gasteiger partial charge < -0.3 is 19.6 Å². The van der Waals surface area contributed by atoms with Crippen molar-refractivity contribution in [1.29, 1.82) is 0 Å². The van der Waals surface area contributed by atoms with Crippen molar-refractivity contribution in [2.75, 3.05) is 53.9 Å². The predicted octanol–water partition coefficient (Wildman–Crippen LogP) is 1.04. The Morgan fingerprint density at radius 2 is 1.74 bits per heavy atom. The first-order valence-electron chi connectivity index (χ1n) is 10.5. The maximum atomic E-state index is 13.0. The fourth-order valence-corrected chi connectivity index (χ4v) is 5.75. The molecular weight excluding hydrogens is 340 g/mol. The normalized spacial score (nSPS) is 30.7. The molecule has 2 bridgehead atoms. The molecule has 4 heterocycles. The maximum absolute atomic E-state index is 13.0. The molecule has 5 fully saturated rings. The standard InChI is InChI=1S/C21H34N4O2/c1-22(2)10-4-5-19(26)25-17-11-18(25)13-24(12-17)20(27)16-6-8-21(9-7-16)14-23(3)15-21/h4-5,16-18H,6-15H2,1-3H3/b5-4+. The van der Waals surface area contributed by atoms with Gasteiger partial charge in [0.25, 0.3) is 0 Å². The summed E-state index contributed by atoms with van der Waals surface area (Å²) in [6, 6.07) is 0.443. The van der Waals surface area contributed by atoms with E-state index >= 15 is 0 Å². The third kappa shape index (κ3) is 3.66. The Bertz CT molecular complexity index is 604. The molecule has 6 heteroatoms. The minimum atomic E-state index is 0.110. The summed E-state index contributed by atoms with van der Waals surface area (Å²) in [4.78, 5) is 33.9. The van der Waals surface area contributed by atoms with E-state index in [9.17, 15) is 9.59 Å². The highest BCUT2D eigenvalue weighted by Crippen LogP contribution is 2.45. The minimum Gasteiger partial charge on any atom is -0.338 e. The Morgan fingerprint density at radius 3 is 2.30 bits per heavy atom. The average molecular weight is 375 g/mol. The molecule has 4 saturated heterocycles. The molecule has 1 aliphatic carbocycles. The zero-order chi connectivity index (χ0) is 19.2. The monoisotopic (exact) mass is 374 g/mol. The van der Waals surface area contributed by atoms with Gasteiger partial charge in [0.15, 0.2) is 0 Å². The molecule has 1 spiro atoms. The Morgan fingerprint density at radius 1 is 1.11 bits per heavy atom. The maximum Gasteiger partial charge on any atom is 0.246 e. The zero-order valence-electron chi connectivity index (χ0n) is 17.1. The van der Waals surface area contributed by atoms with Gasteiger partial charge in [-0.3, -0.25) is 9.59 Å². The molecule has 0 aromatic carbocycles. The Labute approximate surface area is 163 Å². The fourth-order valence-electron chi connectivity index (χ4n) is 5.75. The van der Waals surface area contributed by atoms with Gasteiger partial charge in [0.2, 0.25) is 11.8 Å². The highest BCUT2D eigenvalue weighted by molar-refractivity contribution is 5.89. The first kappa shape index (κ1) is 18.9. The topological polar surface area (TPSA) is 47.1 Å². The van der Waals surface area contributed by atoms with Gasteiger partial charge in [-0.05, 0) is 58.7 Å². The first-order valence-corrected chi connectivity index (χ1v) is 10.5. The van der Waals surface area contributed by atoms with Crippen molar-refractivity contribution in [2.24, 2.45) is 11.3 Å². The number of carbonyl (C=O) groups excluding carboxylic acids is 2. The molecule has 5 aliphatic rings. The predicted molar refractivity (Wildman–Crippen MR) is 105 cm³/mol. The largest absolute Gasteiger partial charge is 0.338 e. The molecule has 2 amide bonds. The second-order valence-corrected chi connectivity index (χ2v) is 9.64. The smallest absolute Gasteiger partial charge is 0.246 e. The third-order valence-electron chi connectivity index (χ3n) is 7.10. The second kappa shape index (κ2) is 7.21. The Hall–Kier alpha value is -1.40. The van der Waals surface area contributed by atoms with Gasteiger partial charge in [-0.15, -0.1) is 0 Å². The van der Waals surface area contributed by atoms with Crippen molar-refractivity contribution in [3.63, 3.8) is 0 Å². The SMILES string of the molecule is CN(C)C/C=C/C(=O)N1C2CC1CN(C(=O)C1CCC3(CC1)CN(C)C3)C2. The number of carbonyl (C=O) groups is 2. The van der Waals surface area contributed by atoms with Crippen molar-refractivity contribution in [3.05, 3.63) is 12.2 Å². The summed E-state index contributed by atoms with van der Waals surface area (Å²) in [5.74, 6) is 0.671. The van der Waals surface area contributed by atoms with Crippen molar-refractivity contribution >= 4 is 11.8 Å². The summed E-state index contributed by atoms with van der Waals surface area (Å²) in [7, 11) is 6.17. The van der Waals surface area contributed by atoms with Crippen LogP contribution in [0.2, 0.25) is 0 Å². The van der Waals surface area contributed by atoms with Crippen molar-refractivity contribution in [1.82, 2.24) is 19.6 Å². The molecule has 27 heavy (non-hydrogen) atoms. The summed E-state index contributed by atoms with van der Waals surface area (Å²) in [6.45, 7) is 4.65. The van der Waals surface area contributed by atoms with Gasteiger partial charge in [0, 0.05) is 44.7 Å². The molecule has 6 nitrogen and oxygen atoms in total. The van der Waals surface area contributed by atoms with Crippen LogP contribution in [0.4, 0.5) is 0 Å². The van der Waals surface area contributed by atoms with E-state index in [0.29, 0.717) is 11.3 Å². The Kier molecular flexibility index (Phi) is 5.06. The molecule has 0 radical (unpaired) electrons. The van der Waals surface area contributed by atoms with Crippen LogP contribution in [-0.2, 0) is 9.59 Å². The number of piperazine rings is 1. The number of amides is 2. The van der Waals surface area contributed by atoms with Crippen LogP contribution in [0.1, 0.15) is 32.1 Å². The van der Waals surface area contributed by atoms with Crippen LogP contribution < -0.4 is 0 Å². The van der Waals surface area contributed by atoms with E-state index in [1.165, 1.54) is 25.9 Å². The molecule has 2 atom stereocenters. The van der Waals surface area contributed by atoms with Crippen LogP contribution in [0.25, 0.3) is 0 Å². The van der Waals surface area contributed by atoms with Gasteiger partial charge in [-0.1, -0.05) is 6.08 Å². The third-order valence-corrected chi connectivity index (χ3v) is 7.10. The van der Waals surface area contributed by atoms with E-state index in [1.807, 2.05) is 30.0 Å². The fraction of sp³-hybridized carbons (Fsp3) is 0.810. The van der Waals surface area contributed by atoms with E-state index in [1.54, 1.807) is 6.08 Å². The zero-order valence-corrected chi connectivity index (χ0v) is 17.1. The highest BCUT2D eigenvalue weighted by atomic mass is 16.2. The number of piperidine rings is 1. The van der Waals surface area contributed by atoms with Crippen LogP contribution in [0.5, 0.6) is 0 Å². The van der Waals surface area contributed by atoms with Crippen molar-refractivity contribution < 1.29 is 9.59 Å². The first-order chi connectivity index (χ1) is 12.9. The van der Waals surface area contributed by atoms with Crippen LogP contribution in [0.3, 0.4) is 0 Å². The number of nitrogens with zero attached hydrogens (tertiary/aromatic N) is 4. The summed E-state index contributed by atoms with van der Waals surface area (Å²) in [6.07, 6.45) is 9.19. The highest BCUT2D eigenvalue weighted by Gasteiger charge is 2.50. The van der Waals surface area contributed by atoms with Crippen molar-refractivity contribution in [3.8, 4) is 0 Å². The molecule has 2 unspecified atom stereocenters. The van der Waals surface area contributed by atoms with Gasteiger partial charge in [0.1, 0.15) is 0 Å². The van der Waals surface area contributed by atoms with Crippen LogP contribution >= 0.6 is 0 Å². The van der Waals surface area contributed by atoms with Gasteiger partial charge in [-0.2, -0.15) is 0 Å². The molecule has 1 saturated carbocycles. The quantitative estimate of drug-likeness (QED) is 0.690. The summed E-state index contributed by atoms with van der Waals surface area (Å²) < 4.78 is 0. The van der Waals surface area contributed by atoms with Crippen molar-refractivity contribution in [2.45, 2.75) is 44.2 Å². The lowest BCUT2D eigenvalue weighted by Gasteiger charge is -2.57. The summed E-state index contributed by atoms with van der Waals surface area (Å²) >= 11 is 0. The molecule has 0 aromatic heterocycles. The number of hydrogen-bond donors (Lipinski definition) is 0. The number of likely N-dealkylation sites (N-methyl/N-ethyl adjacent to an activating group) is 1. The van der Waals surface area contributed by atoms with Crippen LogP contribution in [0, 0.1) is 11.3 Å². The number of rotatable bonds is 4. The molecule has 5 rings (SSSR count).